The molecule has 7 heteroatoms. The normalized spacial score (nSPS) is 20.5. The van der Waals surface area contributed by atoms with Crippen molar-refractivity contribution in [2.75, 3.05) is 16.8 Å². The van der Waals surface area contributed by atoms with Gasteiger partial charge < -0.3 is 10.2 Å². The van der Waals surface area contributed by atoms with Gasteiger partial charge in [0.2, 0.25) is 5.91 Å². The van der Waals surface area contributed by atoms with Gasteiger partial charge in [0, 0.05) is 29.7 Å². The molecular weight excluding hydrogens is 427 g/mol. The highest BCUT2D eigenvalue weighted by Crippen LogP contribution is 2.37. The number of carbonyl (C=O) groups excluding carboxylic acids is 1. The maximum Gasteiger partial charge on any atom is 0.416 e. The molecule has 2 aliphatic heterocycles. The zero-order chi connectivity index (χ0) is 23.0. The van der Waals surface area contributed by atoms with Crippen molar-refractivity contribution in [3.63, 3.8) is 0 Å². The highest BCUT2D eigenvalue weighted by Gasteiger charge is 2.34. The summed E-state index contributed by atoms with van der Waals surface area (Å²) >= 11 is 0. The first-order chi connectivity index (χ1) is 15.8. The van der Waals surface area contributed by atoms with Crippen LogP contribution in [0.3, 0.4) is 0 Å². The topological polar surface area (TPSA) is 45.2 Å². The molecule has 6 rings (SSSR count). The Morgan fingerprint density at radius 3 is 2.58 bits per heavy atom. The van der Waals surface area contributed by atoms with Crippen molar-refractivity contribution in [2.45, 2.75) is 37.9 Å². The molecule has 3 fully saturated rings. The fourth-order valence-electron chi connectivity index (χ4n) is 4.87. The number of hydrogen-bond donors (Lipinski definition) is 1. The molecule has 4 nitrogen and oxygen atoms in total. The van der Waals surface area contributed by atoms with E-state index in [1.54, 1.807) is 6.07 Å². The Morgan fingerprint density at radius 1 is 1.03 bits per heavy atom. The van der Waals surface area contributed by atoms with Crippen LogP contribution < -0.4 is 10.2 Å². The van der Waals surface area contributed by atoms with E-state index in [4.69, 9.17) is 4.98 Å². The highest BCUT2D eigenvalue weighted by atomic mass is 19.4. The molecule has 33 heavy (non-hydrogen) atoms. The third-order valence-electron chi connectivity index (χ3n) is 6.59. The van der Waals surface area contributed by atoms with Gasteiger partial charge in [-0.2, -0.15) is 13.2 Å². The Hall–Kier alpha value is -3.35. The minimum Gasteiger partial charge on any atom is -0.353 e. The highest BCUT2D eigenvalue weighted by molar-refractivity contribution is 6.03. The summed E-state index contributed by atoms with van der Waals surface area (Å²) in [4.78, 5) is 19.6. The van der Waals surface area contributed by atoms with E-state index >= 15 is 0 Å². The number of halogens is 3. The summed E-state index contributed by atoms with van der Waals surface area (Å²) in [5.41, 5.74) is 1.03. The van der Waals surface area contributed by atoms with Crippen LogP contribution in [0.2, 0.25) is 0 Å². The molecule has 3 heterocycles. The Kier molecular flexibility index (Phi) is 5.56. The second kappa shape index (κ2) is 8.54. The molecule has 0 spiro atoms. The van der Waals surface area contributed by atoms with E-state index in [-0.39, 0.29) is 0 Å². The van der Waals surface area contributed by atoms with E-state index in [1.807, 2.05) is 24.3 Å². The van der Waals surface area contributed by atoms with Gasteiger partial charge in [-0.15, -0.1) is 0 Å². The number of alkyl halides is 3. The summed E-state index contributed by atoms with van der Waals surface area (Å²) in [5.74, 6) is 1.37. The minimum atomic E-state index is -4.42. The van der Waals surface area contributed by atoms with Crippen molar-refractivity contribution in [3.8, 4) is 0 Å². The van der Waals surface area contributed by atoms with Crippen LogP contribution in [0.4, 0.5) is 24.7 Å². The number of rotatable bonds is 4. The van der Waals surface area contributed by atoms with Crippen molar-refractivity contribution in [3.05, 3.63) is 71.8 Å². The predicted octanol–water partition coefficient (Wildman–Crippen LogP) is 6.28. The molecule has 2 bridgehead atoms. The number of aromatic nitrogens is 1. The van der Waals surface area contributed by atoms with Gasteiger partial charge in [-0.05, 0) is 85.7 Å². The number of carbonyl (C=O) groups is 1. The number of benzene rings is 2. The lowest BCUT2D eigenvalue weighted by atomic mass is 9.80. The average molecular weight is 451 g/mol. The molecule has 1 aliphatic carbocycles. The van der Waals surface area contributed by atoms with Crippen LogP contribution >= 0.6 is 0 Å². The third kappa shape index (κ3) is 4.72. The standard InChI is InChI=1S/C26H24F3N3O/c27-26(28,29)20-3-1-2-17(14-20)6-13-25(33)30-21-8-11-23-19(15-21)7-12-24(31-23)32-16-18-4-9-22(32)10-5-18/h1-3,6-8,11-15,18,22H,4-5,9-10,16H2,(H,30,33)/b13-6+. The van der Waals surface area contributed by atoms with E-state index in [9.17, 15) is 18.0 Å². The summed E-state index contributed by atoms with van der Waals surface area (Å²) in [6.45, 7) is 1.08. The van der Waals surface area contributed by atoms with Gasteiger partial charge >= 0.3 is 6.18 Å². The van der Waals surface area contributed by atoms with Crippen molar-refractivity contribution in [2.24, 2.45) is 5.92 Å². The molecule has 2 aromatic carbocycles. The van der Waals surface area contributed by atoms with E-state index < -0.39 is 17.6 Å². The smallest absolute Gasteiger partial charge is 0.353 e. The number of anilines is 2. The fourth-order valence-corrected chi connectivity index (χ4v) is 4.87. The quantitative estimate of drug-likeness (QED) is 0.475. The van der Waals surface area contributed by atoms with Crippen molar-refractivity contribution < 1.29 is 18.0 Å². The summed E-state index contributed by atoms with van der Waals surface area (Å²) in [5, 5.41) is 3.68. The van der Waals surface area contributed by atoms with Crippen LogP contribution in [-0.4, -0.2) is 23.5 Å². The fraction of sp³-hybridized carbons (Fsp3) is 0.308. The lowest BCUT2D eigenvalue weighted by Gasteiger charge is -2.46. The van der Waals surface area contributed by atoms with Crippen molar-refractivity contribution in [1.29, 1.82) is 0 Å². The van der Waals surface area contributed by atoms with Crippen molar-refractivity contribution >= 4 is 34.4 Å². The van der Waals surface area contributed by atoms with E-state index in [2.05, 4.69) is 10.2 Å². The Bertz CT molecular complexity index is 1210. The molecule has 0 radical (unpaired) electrons. The molecule has 2 saturated heterocycles. The lowest BCUT2D eigenvalue weighted by molar-refractivity contribution is -0.137. The maximum absolute atomic E-state index is 12.8. The maximum atomic E-state index is 12.8. The van der Waals surface area contributed by atoms with Crippen LogP contribution in [-0.2, 0) is 11.0 Å². The second-order valence-corrected chi connectivity index (χ2v) is 8.85. The molecule has 170 valence electrons. The van der Waals surface area contributed by atoms with Crippen LogP contribution in [0.5, 0.6) is 0 Å². The summed E-state index contributed by atoms with van der Waals surface area (Å²) in [6, 6.07) is 15.0. The summed E-state index contributed by atoms with van der Waals surface area (Å²) in [6.07, 6.45) is 3.30. The van der Waals surface area contributed by atoms with Crippen LogP contribution in [0, 0.1) is 5.92 Å². The number of pyridine rings is 1. The van der Waals surface area contributed by atoms with Gasteiger partial charge in [0.15, 0.2) is 0 Å². The molecule has 1 saturated carbocycles. The number of nitrogens with one attached hydrogen (secondary N) is 1. The van der Waals surface area contributed by atoms with Gasteiger partial charge in [-0.25, -0.2) is 4.98 Å². The summed E-state index contributed by atoms with van der Waals surface area (Å²) in [7, 11) is 0. The second-order valence-electron chi connectivity index (χ2n) is 8.85. The third-order valence-corrected chi connectivity index (χ3v) is 6.59. The summed E-state index contributed by atoms with van der Waals surface area (Å²) < 4.78 is 38.5. The Labute approximate surface area is 190 Å². The molecule has 1 amide bonds. The minimum absolute atomic E-state index is 0.307. The largest absolute Gasteiger partial charge is 0.416 e. The van der Waals surface area contributed by atoms with E-state index in [0.717, 1.165) is 41.3 Å². The Morgan fingerprint density at radius 2 is 1.85 bits per heavy atom. The number of hydrogen-bond acceptors (Lipinski definition) is 3. The van der Waals surface area contributed by atoms with Gasteiger partial charge in [-0.3, -0.25) is 4.79 Å². The van der Waals surface area contributed by atoms with Gasteiger partial charge in [0.05, 0.1) is 11.1 Å². The van der Waals surface area contributed by atoms with Crippen LogP contribution in [0.1, 0.15) is 36.8 Å². The number of piperidine rings is 2. The predicted molar refractivity (Wildman–Crippen MR) is 124 cm³/mol. The zero-order valence-corrected chi connectivity index (χ0v) is 18.0. The Balaban J connectivity index is 1.27. The molecular formula is C26H24F3N3O. The van der Waals surface area contributed by atoms with Crippen molar-refractivity contribution in [1.82, 2.24) is 4.98 Å². The van der Waals surface area contributed by atoms with Gasteiger partial charge in [0.25, 0.3) is 0 Å². The number of amides is 1. The van der Waals surface area contributed by atoms with E-state index in [0.29, 0.717) is 17.3 Å². The SMILES string of the molecule is O=C(/C=C/c1cccc(C(F)(F)F)c1)Nc1ccc2nc(N3CC4CCC3CC4)ccc2c1. The molecule has 0 unspecified atom stereocenters. The van der Waals surface area contributed by atoms with E-state index in [1.165, 1.54) is 50.0 Å². The first-order valence-electron chi connectivity index (χ1n) is 11.2. The average Bonchev–Trinajstić information content (AvgIpc) is 2.83. The lowest BCUT2D eigenvalue weighted by Crippen LogP contribution is -2.48. The first-order valence-corrected chi connectivity index (χ1v) is 11.2. The van der Waals surface area contributed by atoms with Gasteiger partial charge in [0.1, 0.15) is 5.82 Å². The number of nitrogens with zero attached hydrogens (tertiary/aromatic N) is 2. The van der Waals surface area contributed by atoms with Crippen LogP contribution in [0.15, 0.2) is 60.7 Å². The molecule has 0 atom stereocenters. The molecule has 3 aliphatic rings. The molecule has 3 aromatic rings. The van der Waals surface area contributed by atoms with Gasteiger partial charge in [-0.1, -0.05) is 12.1 Å². The number of fused-ring (bicyclic) bond motifs is 4. The zero-order valence-electron chi connectivity index (χ0n) is 18.0. The first kappa shape index (κ1) is 21.5. The monoisotopic (exact) mass is 451 g/mol. The molecule has 1 N–H and O–H groups in total. The molecule has 1 aromatic heterocycles. The van der Waals surface area contributed by atoms with Crippen LogP contribution in [0.25, 0.3) is 17.0 Å².